The third kappa shape index (κ3) is 17.0. The number of rotatable bonds is 3. The van der Waals surface area contributed by atoms with Crippen LogP contribution in [0.5, 0.6) is 0 Å². The molecule has 0 aliphatic carbocycles. The average Bonchev–Trinajstić information content (AvgIpc) is 1.59. The standard InChI is InChI=1S/C6H17N4.2HI/c1-10(2,3)5-4-9-6(7)8;;/h4-5H2,1-3H3,(H4,7,8,9);2*1H/q+1;;/p-1. The summed E-state index contributed by atoms with van der Waals surface area (Å²) in [6.45, 7) is 1.66. The van der Waals surface area contributed by atoms with Crippen LogP contribution >= 0.6 is 24.0 Å². The number of aliphatic imine (C=N–C) groups is 1. The molecule has 0 unspecified atom stereocenters. The first kappa shape index (κ1) is 18.5. The molecule has 0 bridgehead atoms. The second kappa shape index (κ2) is 8.30. The maximum Gasteiger partial charge on any atom is 0.186 e. The van der Waals surface area contributed by atoms with Gasteiger partial charge in [-0.05, 0) is 0 Å². The van der Waals surface area contributed by atoms with Crippen molar-refractivity contribution in [2.75, 3.05) is 34.2 Å². The maximum atomic E-state index is 5.14. The largest absolute Gasteiger partial charge is 1.00 e. The van der Waals surface area contributed by atoms with Crippen LogP contribution in [0, 0.1) is 0 Å². The number of nitrogens with zero attached hydrogens (tertiary/aromatic N) is 2. The van der Waals surface area contributed by atoms with E-state index >= 15 is 0 Å². The molecule has 0 aromatic rings. The summed E-state index contributed by atoms with van der Waals surface area (Å²) in [7, 11) is 6.30. The topological polar surface area (TPSA) is 64.4 Å². The van der Waals surface area contributed by atoms with E-state index in [4.69, 9.17) is 11.5 Å². The summed E-state index contributed by atoms with van der Waals surface area (Å²) in [6.07, 6.45) is 0. The van der Waals surface area contributed by atoms with E-state index in [-0.39, 0.29) is 53.9 Å². The van der Waals surface area contributed by atoms with Crippen molar-refractivity contribution >= 4 is 29.9 Å². The molecular formula is C6H18I2N4. The van der Waals surface area contributed by atoms with Gasteiger partial charge >= 0.3 is 0 Å². The summed E-state index contributed by atoms with van der Waals surface area (Å²) >= 11 is 0. The van der Waals surface area contributed by atoms with E-state index in [1.54, 1.807) is 0 Å². The van der Waals surface area contributed by atoms with E-state index in [1.807, 2.05) is 0 Å². The molecule has 0 heterocycles. The molecule has 0 radical (unpaired) electrons. The third-order valence-corrected chi connectivity index (χ3v) is 1.07. The fraction of sp³-hybridized carbons (Fsp3) is 0.833. The van der Waals surface area contributed by atoms with Crippen molar-refractivity contribution in [1.82, 2.24) is 0 Å². The first-order valence-corrected chi connectivity index (χ1v) is 3.28. The second-order valence-corrected chi connectivity index (χ2v) is 3.32. The molecule has 0 saturated carbocycles. The van der Waals surface area contributed by atoms with Crippen LogP contribution in [0.4, 0.5) is 0 Å². The SMILES string of the molecule is C[N+](C)(C)CCN=C(N)N.I.[I-]. The lowest BCUT2D eigenvalue weighted by atomic mass is 10.5. The van der Waals surface area contributed by atoms with E-state index in [9.17, 15) is 0 Å². The van der Waals surface area contributed by atoms with E-state index in [0.717, 1.165) is 11.0 Å². The van der Waals surface area contributed by atoms with E-state index in [1.165, 1.54) is 0 Å². The maximum absolute atomic E-state index is 5.14. The molecule has 0 aromatic carbocycles. The summed E-state index contributed by atoms with van der Waals surface area (Å²) < 4.78 is 0.886. The molecule has 0 atom stereocenters. The summed E-state index contributed by atoms with van der Waals surface area (Å²) in [5.74, 6) is 0.174. The highest BCUT2D eigenvalue weighted by atomic mass is 127. The van der Waals surface area contributed by atoms with Gasteiger partial charge in [-0.15, -0.1) is 24.0 Å². The molecule has 0 rings (SSSR count). The number of guanidine groups is 1. The molecule has 0 aliphatic rings. The van der Waals surface area contributed by atoms with Gasteiger partial charge in [-0.25, -0.2) is 4.99 Å². The molecule has 0 aliphatic heterocycles. The highest BCUT2D eigenvalue weighted by Crippen LogP contribution is 1.87. The van der Waals surface area contributed by atoms with Crippen LogP contribution in [0.3, 0.4) is 0 Å². The lowest BCUT2D eigenvalue weighted by molar-refractivity contribution is -0.868. The number of hydrogen-bond acceptors (Lipinski definition) is 1. The number of halogens is 2. The average molecular weight is 400 g/mol. The molecular weight excluding hydrogens is 382 g/mol. The van der Waals surface area contributed by atoms with Gasteiger partial charge in [-0.2, -0.15) is 0 Å². The molecule has 12 heavy (non-hydrogen) atoms. The van der Waals surface area contributed by atoms with Gasteiger partial charge in [-0.3, -0.25) is 0 Å². The van der Waals surface area contributed by atoms with Gasteiger partial charge in [0.05, 0.1) is 34.2 Å². The van der Waals surface area contributed by atoms with Gasteiger partial charge < -0.3 is 39.9 Å². The quantitative estimate of drug-likeness (QED) is 0.225. The minimum atomic E-state index is 0. The zero-order chi connectivity index (χ0) is 8.20. The van der Waals surface area contributed by atoms with Gasteiger partial charge in [0.2, 0.25) is 0 Å². The molecule has 76 valence electrons. The lowest BCUT2D eigenvalue weighted by Gasteiger charge is -2.22. The van der Waals surface area contributed by atoms with Crippen molar-refractivity contribution in [3.05, 3.63) is 0 Å². The minimum absolute atomic E-state index is 0. The van der Waals surface area contributed by atoms with Crippen LogP contribution < -0.4 is 35.4 Å². The number of likely N-dealkylation sites (N-methyl/N-ethyl adjacent to an activating group) is 1. The van der Waals surface area contributed by atoms with Crippen molar-refractivity contribution in [3.8, 4) is 0 Å². The summed E-state index contributed by atoms with van der Waals surface area (Å²) in [5, 5.41) is 0. The Labute approximate surface area is 108 Å². The van der Waals surface area contributed by atoms with Gasteiger partial charge in [0.1, 0.15) is 0 Å². The van der Waals surface area contributed by atoms with E-state index in [0.29, 0.717) is 6.54 Å². The summed E-state index contributed by atoms with van der Waals surface area (Å²) in [4.78, 5) is 3.87. The minimum Gasteiger partial charge on any atom is -1.00 e. The molecule has 0 aromatic heterocycles. The fourth-order valence-corrected chi connectivity index (χ4v) is 0.479. The van der Waals surface area contributed by atoms with Crippen LogP contribution in [0.2, 0.25) is 0 Å². The molecule has 4 nitrogen and oxygen atoms in total. The Morgan fingerprint density at radius 2 is 1.67 bits per heavy atom. The van der Waals surface area contributed by atoms with Crippen LogP contribution in [0.1, 0.15) is 0 Å². The highest BCUT2D eigenvalue weighted by molar-refractivity contribution is 14.0. The summed E-state index contributed by atoms with van der Waals surface area (Å²) in [6, 6.07) is 0. The predicted molar refractivity (Wildman–Crippen MR) is 59.0 cm³/mol. The van der Waals surface area contributed by atoms with Gasteiger partial charge in [0.25, 0.3) is 0 Å². The Hall–Kier alpha value is 0.690. The molecule has 0 saturated heterocycles. The van der Waals surface area contributed by atoms with E-state index < -0.39 is 0 Å². The molecule has 0 spiro atoms. The normalized spacial score (nSPS) is 9.25. The van der Waals surface area contributed by atoms with Gasteiger partial charge in [0, 0.05) is 0 Å². The second-order valence-electron chi connectivity index (χ2n) is 3.32. The van der Waals surface area contributed by atoms with Crippen LogP contribution in [0.25, 0.3) is 0 Å². The van der Waals surface area contributed by atoms with Crippen molar-refractivity contribution in [1.29, 1.82) is 0 Å². The Kier molecular flexibility index (Phi) is 12.8. The first-order chi connectivity index (χ1) is 4.42. The monoisotopic (exact) mass is 400 g/mol. The van der Waals surface area contributed by atoms with Gasteiger partial charge in [-0.1, -0.05) is 0 Å². The third-order valence-electron chi connectivity index (χ3n) is 1.07. The first-order valence-electron chi connectivity index (χ1n) is 3.28. The van der Waals surface area contributed by atoms with E-state index in [2.05, 4.69) is 26.1 Å². The molecule has 4 N–H and O–H groups in total. The predicted octanol–water partition coefficient (Wildman–Crippen LogP) is -3.41. The molecule has 0 amide bonds. The Morgan fingerprint density at radius 1 is 1.25 bits per heavy atom. The van der Waals surface area contributed by atoms with Crippen molar-refractivity contribution in [2.45, 2.75) is 0 Å². The number of nitrogens with two attached hydrogens (primary N) is 2. The zero-order valence-corrected chi connectivity index (χ0v) is 12.2. The number of quaternary nitrogens is 1. The summed E-state index contributed by atoms with van der Waals surface area (Å²) in [5.41, 5.74) is 10.3. The molecule has 0 fully saturated rings. The Bertz CT molecular complexity index is 126. The zero-order valence-electron chi connectivity index (χ0n) is 7.75. The van der Waals surface area contributed by atoms with Crippen molar-refractivity contribution in [3.63, 3.8) is 0 Å². The van der Waals surface area contributed by atoms with Crippen molar-refractivity contribution < 1.29 is 28.5 Å². The lowest BCUT2D eigenvalue weighted by Crippen LogP contribution is -3.00. The number of hydrogen-bond donors (Lipinski definition) is 2. The smallest absolute Gasteiger partial charge is 0.186 e. The van der Waals surface area contributed by atoms with Crippen LogP contribution in [-0.2, 0) is 0 Å². The Morgan fingerprint density at radius 3 is 1.92 bits per heavy atom. The van der Waals surface area contributed by atoms with Crippen LogP contribution in [-0.4, -0.2) is 44.7 Å². The fourth-order valence-electron chi connectivity index (χ4n) is 0.479. The van der Waals surface area contributed by atoms with Crippen LogP contribution in [0.15, 0.2) is 4.99 Å². The Balaban J connectivity index is -0.000000405. The van der Waals surface area contributed by atoms with Crippen molar-refractivity contribution in [2.24, 2.45) is 16.5 Å². The van der Waals surface area contributed by atoms with Gasteiger partial charge in [0.15, 0.2) is 5.96 Å². The highest BCUT2D eigenvalue weighted by Gasteiger charge is 2.03. The molecule has 6 heteroatoms.